The summed E-state index contributed by atoms with van der Waals surface area (Å²) in [7, 11) is 0. The highest BCUT2D eigenvalue weighted by Crippen LogP contribution is 2.26. The van der Waals surface area contributed by atoms with E-state index in [0.29, 0.717) is 23.5 Å². The van der Waals surface area contributed by atoms with Gasteiger partial charge in [-0.2, -0.15) is 5.26 Å². The van der Waals surface area contributed by atoms with Crippen molar-refractivity contribution in [3.8, 4) is 6.07 Å². The molecule has 7 heteroatoms. The molecule has 4 heterocycles. The van der Waals surface area contributed by atoms with E-state index in [1.54, 1.807) is 6.07 Å². The van der Waals surface area contributed by atoms with Crippen molar-refractivity contribution in [1.29, 1.82) is 5.26 Å². The summed E-state index contributed by atoms with van der Waals surface area (Å²) >= 11 is 0. The van der Waals surface area contributed by atoms with Gasteiger partial charge >= 0.3 is 0 Å². The molecule has 1 atom stereocenters. The van der Waals surface area contributed by atoms with Gasteiger partial charge < -0.3 is 14.8 Å². The highest BCUT2D eigenvalue weighted by Gasteiger charge is 2.31. The topological polar surface area (TPSA) is 88.9 Å². The Kier molecular flexibility index (Phi) is 5.29. The van der Waals surface area contributed by atoms with Crippen molar-refractivity contribution in [3.63, 3.8) is 0 Å². The maximum absolute atomic E-state index is 12.9. The Hall–Kier alpha value is -3.40. The zero-order valence-electron chi connectivity index (χ0n) is 17.5. The molecule has 158 valence electrons. The van der Waals surface area contributed by atoms with Crippen LogP contribution in [0.25, 0.3) is 11.2 Å². The molecule has 7 nitrogen and oxygen atoms in total. The van der Waals surface area contributed by atoms with Crippen LogP contribution in [0, 0.1) is 17.2 Å². The van der Waals surface area contributed by atoms with Crippen molar-refractivity contribution in [2.45, 2.75) is 32.1 Å². The number of aromatic nitrogens is 3. The minimum absolute atomic E-state index is 0.0616. The molecule has 1 aromatic carbocycles. The molecule has 3 aromatic rings. The molecular formula is C24H26N6O. The lowest BCUT2D eigenvalue weighted by Crippen LogP contribution is -2.44. The highest BCUT2D eigenvalue weighted by molar-refractivity contribution is 5.80. The van der Waals surface area contributed by atoms with E-state index < -0.39 is 0 Å². The Morgan fingerprint density at radius 2 is 2.00 bits per heavy atom. The molecule has 0 aliphatic carbocycles. The van der Waals surface area contributed by atoms with Gasteiger partial charge in [-0.25, -0.2) is 9.97 Å². The quantitative estimate of drug-likeness (QED) is 0.708. The van der Waals surface area contributed by atoms with Crippen LogP contribution in [0.1, 0.15) is 42.6 Å². The second-order valence-corrected chi connectivity index (χ2v) is 8.53. The molecular weight excluding hydrogens is 388 g/mol. The van der Waals surface area contributed by atoms with Gasteiger partial charge in [0.2, 0.25) is 5.91 Å². The second kappa shape index (κ2) is 8.38. The van der Waals surface area contributed by atoms with Gasteiger partial charge in [0.25, 0.3) is 0 Å². The number of fused-ring (bicyclic) bond motifs is 1. The van der Waals surface area contributed by atoms with Crippen molar-refractivity contribution >= 4 is 22.9 Å². The Morgan fingerprint density at radius 1 is 1.13 bits per heavy atom. The number of H-pyrrole nitrogens is 1. The number of imidazole rings is 1. The summed E-state index contributed by atoms with van der Waals surface area (Å²) in [6, 6.07) is 13.8. The summed E-state index contributed by atoms with van der Waals surface area (Å²) in [4.78, 5) is 29.9. The van der Waals surface area contributed by atoms with Crippen LogP contribution in [0.15, 0.2) is 36.4 Å². The van der Waals surface area contributed by atoms with Gasteiger partial charge in [-0.15, -0.1) is 0 Å². The molecule has 1 N–H and O–H groups in total. The van der Waals surface area contributed by atoms with Gasteiger partial charge in [-0.3, -0.25) is 4.79 Å². The van der Waals surface area contributed by atoms with Gasteiger partial charge in [0.05, 0.1) is 23.1 Å². The number of carbonyl (C=O) groups is 1. The van der Waals surface area contributed by atoms with Crippen LogP contribution in [0.5, 0.6) is 0 Å². The molecule has 0 spiro atoms. The smallest absolute Gasteiger partial charge is 0.227 e. The fourth-order valence-electron chi connectivity index (χ4n) is 4.72. The van der Waals surface area contributed by atoms with Crippen LogP contribution < -0.4 is 4.90 Å². The van der Waals surface area contributed by atoms with E-state index in [9.17, 15) is 4.79 Å². The average molecular weight is 415 g/mol. The van der Waals surface area contributed by atoms with Crippen molar-refractivity contribution < 1.29 is 4.79 Å². The van der Waals surface area contributed by atoms with Crippen LogP contribution in [-0.2, 0) is 11.2 Å². The minimum Gasteiger partial charge on any atom is -0.356 e. The van der Waals surface area contributed by atoms with E-state index in [4.69, 9.17) is 10.2 Å². The van der Waals surface area contributed by atoms with Crippen LogP contribution >= 0.6 is 0 Å². The number of nitrogens with one attached hydrogen (secondary N) is 1. The number of carbonyl (C=O) groups excluding carboxylic acids is 1. The SMILES string of the molecule is N#Cc1cccc(Cc2nc3nc(N4CCC[C@@H](C(=O)N5CCCC5)C4)ccc3[nH]2)c1. The number of hydrogen-bond donors (Lipinski definition) is 1. The predicted octanol–water partition coefficient (Wildman–Crippen LogP) is 3.26. The first-order valence-corrected chi connectivity index (χ1v) is 11.1. The summed E-state index contributed by atoms with van der Waals surface area (Å²) in [5.74, 6) is 2.09. The molecule has 0 bridgehead atoms. The highest BCUT2D eigenvalue weighted by atomic mass is 16.2. The lowest BCUT2D eigenvalue weighted by molar-refractivity contribution is -0.134. The van der Waals surface area contributed by atoms with Crippen LogP contribution in [-0.4, -0.2) is 51.9 Å². The van der Waals surface area contributed by atoms with Crippen molar-refractivity contribution in [2.24, 2.45) is 5.92 Å². The summed E-state index contributed by atoms with van der Waals surface area (Å²) < 4.78 is 0. The van der Waals surface area contributed by atoms with E-state index in [-0.39, 0.29) is 5.92 Å². The fraction of sp³-hybridized carbons (Fsp3) is 0.417. The average Bonchev–Trinajstić information content (AvgIpc) is 3.48. The largest absolute Gasteiger partial charge is 0.356 e. The van der Waals surface area contributed by atoms with Gasteiger partial charge in [-0.1, -0.05) is 12.1 Å². The normalized spacial score (nSPS) is 19.0. The molecule has 31 heavy (non-hydrogen) atoms. The molecule has 2 aliphatic rings. The van der Waals surface area contributed by atoms with Crippen molar-refractivity contribution in [1.82, 2.24) is 19.9 Å². The first-order valence-electron chi connectivity index (χ1n) is 11.1. The van der Waals surface area contributed by atoms with Crippen molar-refractivity contribution in [3.05, 3.63) is 53.3 Å². The third-order valence-electron chi connectivity index (χ3n) is 6.32. The number of nitriles is 1. The molecule has 2 fully saturated rings. The summed E-state index contributed by atoms with van der Waals surface area (Å²) in [6.07, 6.45) is 4.84. The van der Waals surface area contributed by atoms with E-state index >= 15 is 0 Å². The maximum atomic E-state index is 12.9. The van der Waals surface area contributed by atoms with E-state index in [1.165, 1.54) is 0 Å². The number of likely N-dealkylation sites (tertiary alicyclic amines) is 1. The third-order valence-corrected chi connectivity index (χ3v) is 6.32. The molecule has 5 rings (SSSR count). The van der Waals surface area contributed by atoms with Gasteiger partial charge in [0.15, 0.2) is 5.65 Å². The monoisotopic (exact) mass is 414 g/mol. The lowest BCUT2D eigenvalue weighted by Gasteiger charge is -2.34. The zero-order valence-corrected chi connectivity index (χ0v) is 17.5. The van der Waals surface area contributed by atoms with Crippen LogP contribution in [0.4, 0.5) is 5.82 Å². The molecule has 2 saturated heterocycles. The Bertz CT molecular complexity index is 1140. The Balaban J connectivity index is 1.32. The molecule has 2 aliphatic heterocycles. The van der Waals surface area contributed by atoms with Gasteiger partial charge in [0, 0.05) is 32.6 Å². The minimum atomic E-state index is 0.0616. The Labute approximate surface area is 181 Å². The number of nitrogens with zero attached hydrogens (tertiary/aromatic N) is 5. The number of amides is 1. The zero-order chi connectivity index (χ0) is 21.2. The number of benzene rings is 1. The van der Waals surface area contributed by atoms with Crippen LogP contribution in [0.2, 0.25) is 0 Å². The lowest BCUT2D eigenvalue weighted by atomic mass is 9.96. The second-order valence-electron chi connectivity index (χ2n) is 8.53. The number of hydrogen-bond acceptors (Lipinski definition) is 5. The first kappa shape index (κ1) is 19.6. The van der Waals surface area contributed by atoms with Gasteiger partial charge in [0.1, 0.15) is 11.6 Å². The van der Waals surface area contributed by atoms with Gasteiger partial charge in [-0.05, 0) is 55.5 Å². The van der Waals surface area contributed by atoms with E-state index in [2.05, 4.69) is 20.9 Å². The molecule has 2 aromatic heterocycles. The number of anilines is 1. The summed E-state index contributed by atoms with van der Waals surface area (Å²) in [5, 5.41) is 9.10. The van der Waals surface area contributed by atoms with E-state index in [0.717, 1.165) is 74.6 Å². The summed E-state index contributed by atoms with van der Waals surface area (Å²) in [5.41, 5.74) is 3.28. The van der Waals surface area contributed by atoms with Crippen molar-refractivity contribution in [2.75, 3.05) is 31.1 Å². The third kappa shape index (κ3) is 4.11. The fourth-order valence-corrected chi connectivity index (χ4v) is 4.72. The molecule has 1 amide bonds. The number of pyridine rings is 1. The standard InChI is InChI=1S/C24H26N6O/c25-15-18-6-3-5-17(13-18)14-21-26-20-8-9-22(28-23(20)27-21)30-12-4-7-19(16-30)24(31)29-10-1-2-11-29/h3,5-6,8-9,13,19H,1-2,4,7,10-12,14,16H2,(H,26,27,28)/t19-/m1/s1. The molecule has 0 radical (unpaired) electrons. The Morgan fingerprint density at radius 3 is 2.84 bits per heavy atom. The first-order chi connectivity index (χ1) is 15.2. The number of rotatable bonds is 4. The number of aromatic amines is 1. The van der Waals surface area contributed by atoms with Crippen LogP contribution in [0.3, 0.4) is 0 Å². The number of piperidine rings is 1. The summed E-state index contributed by atoms with van der Waals surface area (Å²) in [6.45, 7) is 3.46. The molecule has 0 unspecified atom stereocenters. The maximum Gasteiger partial charge on any atom is 0.227 e. The predicted molar refractivity (Wildman–Crippen MR) is 119 cm³/mol. The molecule has 0 saturated carbocycles. The van der Waals surface area contributed by atoms with E-state index in [1.807, 2.05) is 35.2 Å².